The molecule has 3 aromatic rings. The lowest BCUT2D eigenvalue weighted by Gasteiger charge is -2.26. The van der Waals surface area contributed by atoms with Crippen molar-refractivity contribution in [2.45, 2.75) is 25.8 Å². The summed E-state index contributed by atoms with van der Waals surface area (Å²) >= 11 is 0. The van der Waals surface area contributed by atoms with E-state index in [1.807, 2.05) is 48.5 Å². The summed E-state index contributed by atoms with van der Waals surface area (Å²) in [5, 5.41) is 10.6. The van der Waals surface area contributed by atoms with Crippen LogP contribution in [-0.4, -0.2) is 43.5 Å². The van der Waals surface area contributed by atoms with Crippen molar-refractivity contribution in [3.8, 4) is 11.5 Å². The highest BCUT2D eigenvalue weighted by Gasteiger charge is 2.17. The Balaban J connectivity index is 1.68. The number of hydrogen-bond acceptors (Lipinski definition) is 5. The number of para-hydroxylation sites is 1. The Morgan fingerprint density at radius 3 is 2.28 bits per heavy atom. The van der Waals surface area contributed by atoms with Crippen LogP contribution in [0.5, 0.6) is 11.5 Å². The fraction of sp³-hybridized carbons (Fsp3) is 0.308. The molecule has 5 nitrogen and oxygen atoms in total. The minimum atomic E-state index is -0.684. The van der Waals surface area contributed by atoms with Gasteiger partial charge in [0, 0.05) is 25.2 Å². The number of ether oxygens (including phenoxy) is 3. The van der Waals surface area contributed by atoms with E-state index in [9.17, 15) is 9.50 Å². The normalized spacial score (nSPS) is 12.0. The lowest BCUT2D eigenvalue weighted by molar-refractivity contribution is 0.00701. The predicted octanol–water partition coefficient (Wildman–Crippen LogP) is 4.42. The third-order valence-corrected chi connectivity index (χ3v) is 5.09. The zero-order valence-electron chi connectivity index (χ0n) is 18.5. The smallest absolute Gasteiger partial charge is 0.165 e. The number of aliphatic hydroxyl groups excluding tert-OH is 1. The van der Waals surface area contributed by atoms with Crippen LogP contribution in [0.3, 0.4) is 0 Å². The summed E-state index contributed by atoms with van der Waals surface area (Å²) in [6.45, 7) is 2.10. The van der Waals surface area contributed by atoms with Gasteiger partial charge in [0.15, 0.2) is 11.5 Å². The Hall–Kier alpha value is -2.93. The molecule has 0 saturated heterocycles. The Morgan fingerprint density at radius 1 is 0.844 bits per heavy atom. The standard InChI is InChI=1S/C26H30FNO4/c1-30-25-10-6-9-22(26(25)31-2)16-28(15-20-11-13-23(27)14-12-20)17-24(29)19-32-18-21-7-4-3-5-8-21/h3-14,24,29H,15-19H2,1-2H3. The van der Waals surface area contributed by atoms with E-state index in [4.69, 9.17) is 14.2 Å². The van der Waals surface area contributed by atoms with Gasteiger partial charge in [-0.25, -0.2) is 4.39 Å². The van der Waals surface area contributed by atoms with E-state index in [-0.39, 0.29) is 12.4 Å². The predicted molar refractivity (Wildman–Crippen MR) is 122 cm³/mol. The van der Waals surface area contributed by atoms with Gasteiger partial charge in [-0.3, -0.25) is 4.90 Å². The molecule has 3 aromatic carbocycles. The van der Waals surface area contributed by atoms with Gasteiger partial charge in [-0.05, 0) is 29.3 Å². The van der Waals surface area contributed by atoms with Crippen molar-refractivity contribution in [2.24, 2.45) is 0 Å². The first-order chi connectivity index (χ1) is 15.6. The summed E-state index contributed by atoms with van der Waals surface area (Å²) < 4.78 is 30.0. The van der Waals surface area contributed by atoms with Crippen LogP contribution in [0.4, 0.5) is 4.39 Å². The summed E-state index contributed by atoms with van der Waals surface area (Å²) in [4.78, 5) is 2.08. The second-order valence-electron chi connectivity index (χ2n) is 7.60. The molecular weight excluding hydrogens is 409 g/mol. The van der Waals surface area contributed by atoms with Gasteiger partial charge in [0.05, 0.1) is 33.5 Å². The minimum Gasteiger partial charge on any atom is -0.493 e. The molecule has 32 heavy (non-hydrogen) atoms. The molecule has 0 aliphatic carbocycles. The minimum absolute atomic E-state index is 0.212. The maximum atomic E-state index is 13.3. The zero-order chi connectivity index (χ0) is 22.8. The lowest BCUT2D eigenvalue weighted by atomic mass is 10.1. The highest BCUT2D eigenvalue weighted by atomic mass is 19.1. The third kappa shape index (κ3) is 7.05. The van der Waals surface area contributed by atoms with Crippen molar-refractivity contribution in [3.63, 3.8) is 0 Å². The molecule has 0 heterocycles. The Morgan fingerprint density at radius 2 is 1.59 bits per heavy atom. The third-order valence-electron chi connectivity index (χ3n) is 5.09. The molecule has 1 atom stereocenters. The summed E-state index contributed by atoms with van der Waals surface area (Å²) in [6.07, 6.45) is -0.684. The lowest BCUT2D eigenvalue weighted by Crippen LogP contribution is -2.34. The maximum Gasteiger partial charge on any atom is 0.165 e. The van der Waals surface area contributed by atoms with Crippen LogP contribution in [0.25, 0.3) is 0 Å². The van der Waals surface area contributed by atoms with E-state index in [1.54, 1.807) is 26.4 Å². The molecule has 0 saturated carbocycles. The van der Waals surface area contributed by atoms with Crippen molar-refractivity contribution in [3.05, 3.63) is 95.3 Å². The highest BCUT2D eigenvalue weighted by Crippen LogP contribution is 2.31. The number of methoxy groups -OCH3 is 2. The maximum absolute atomic E-state index is 13.3. The topological polar surface area (TPSA) is 51.2 Å². The van der Waals surface area contributed by atoms with Crippen LogP contribution < -0.4 is 9.47 Å². The van der Waals surface area contributed by atoms with Gasteiger partial charge in [0.2, 0.25) is 0 Å². The Kier molecular flexibility index (Phi) is 9.04. The van der Waals surface area contributed by atoms with Crippen molar-refractivity contribution in [2.75, 3.05) is 27.4 Å². The summed E-state index contributed by atoms with van der Waals surface area (Å²) in [5.74, 6) is 1.04. The van der Waals surface area contributed by atoms with Gasteiger partial charge in [-0.2, -0.15) is 0 Å². The fourth-order valence-electron chi connectivity index (χ4n) is 3.59. The number of benzene rings is 3. The van der Waals surface area contributed by atoms with E-state index < -0.39 is 6.10 Å². The number of nitrogens with zero attached hydrogens (tertiary/aromatic N) is 1. The molecule has 3 rings (SSSR count). The molecule has 1 N–H and O–H groups in total. The van der Waals surface area contributed by atoms with Crippen LogP contribution >= 0.6 is 0 Å². The molecule has 0 aliphatic rings. The van der Waals surface area contributed by atoms with E-state index >= 15 is 0 Å². The Bertz CT molecular complexity index is 950. The van der Waals surface area contributed by atoms with E-state index in [1.165, 1.54) is 12.1 Å². The fourth-order valence-corrected chi connectivity index (χ4v) is 3.59. The van der Waals surface area contributed by atoms with Crippen LogP contribution in [-0.2, 0) is 24.4 Å². The average Bonchev–Trinajstić information content (AvgIpc) is 2.81. The van der Waals surface area contributed by atoms with Crippen molar-refractivity contribution in [1.82, 2.24) is 4.90 Å². The number of rotatable bonds is 12. The van der Waals surface area contributed by atoms with Gasteiger partial charge in [-0.15, -0.1) is 0 Å². The molecule has 1 unspecified atom stereocenters. The second kappa shape index (κ2) is 12.2. The molecule has 0 spiro atoms. The molecule has 0 aromatic heterocycles. The molecule has 0 aliphatic heterocycles. The molecule has 6 heteroatoms. The summed E-state index contributed by atoms with van der Waals surface area (Å²) in [6, 6.07) is 22.0. The first-order valence-corrected chi connectivity index (χ1v) is 10.6. The first-order valence-electron chi connectivity index (χ1n) is 10.6. The summed E-state index contributed by atoms with van der Waals surface area (Å²) in [5.41, 5.74) is 2.95. The van der Waals surface area contributed by atoms with Gasteiger partial charge < -0.3 is 19.3 Å². The van der Waals surface area contributed by atoms with Crippen LogP contribution in [0.15, 0.2) is 72.8 Å². The van der Waals surface area contributed by atoms with Crippen LogP contribution in [0, 0.1) is 5.82 Å². The van der Waals surface area contributed by atoms with E-state index in [2.05, 4.69) is 4.90 Å². The second-order valence-corrected chi connectivity index (χ2v) is 7.60. The Labute approximate surface area is 189 Å². The SMILES string of the molecule is COc1cccc(CN(Cc2ccc(F)cc2)CC(O)COCc2ccccc2)c1OC. The zero-order valence-corrected chi connectivity index (χ0v) is 18.5. The van der Waals surface area contributed by atoms with Gasteiger partial charge in [0.1, 0.15) is 5.82 Å². The molecule has 0 radical (unpaired) electrons. The van der Waals surface area contributed by atoms with Gasteiger partial charge in [-0.1, -0.05) is 54.6 Å². The van der Waals surface area contributed by atoms with Crippen molar-refractivity contribution < 1.29 is 23.7 Å². The first kappa shape index (κ1) is 23.7. The number of halogens is 1. The van der Waals surface area contributed by atoms with E-state index in [0.717, 1.165) is 16.7 Å². The summed E-state index contributed by atoms with van der Waals surface area (Å²) in [7, 11) is 3.21. The number of aliphatic hydroxyl groups is 1. The van der Waals surface area contributed by atoms with Gasteiger partial charge in [0.25, 0.3) is 0 Å². The monoisotopic (exact) mass is 439 g/mol. The molecule has 170 valence electrons. The average molecular weight is 440 g/mol. The molecule has 0 bridgehead atoms. The van der Waals surface area contributed by atoms with Crippen molar-refractivity contribution >= 4 is 0 Å². The van der Waals surface area contributed by atoms with Crippen LogP contribution in [0.1, 0.15) is 16.7 Å². The van der Waals surface area contributed by atoms with Crippen LogP contribution in [0.2, 0.25) is 0 Å². The number of hydrogen-bond donors (Lipinski definition) is 1. The molecule has 0 amide bonds. The van der Waals surface area contributed by atoms with E-state index in [0.29, 0.717) is 37.7 Å². The highest BCUT2D eigenvalue weighted by molar-refractivity contribution is 5.46. The van der Waals surface area contributed by atoms with Gasteiger partial charge >= 0.3 is 0 Å². The molecular formula is C26H30FNO4. The molecule has 0 fully saturated rings. The largest absolute Gasteiger partial charge is 0.493 e. The van der Waals surface area contributed by atoms with Crippen molar-refractivity contribution in [1.29, 1.82) is 0 Å². The quantitative estimate of drug-likeness (QED) is 0.453.